The van der Waals surface area contributed by atoms with Crippen LogP contribution >= 0.6 is 11.3 Å². The van der Waals surface area contributed by atoms with E-state index < -0.39 is 0 Å². The predicted molar refractivity (Wildman–Crippen MR) is 201 cm³/mol. The molecule has 1 aliphatic rings. The van der Waals surface area contributed by atoms with Crippen molar-refractivity contribution < 1.29 is 4.42 Å². The van der Waals surface area contributed by atoms with Crippen molar-refractivity contribution in [1.82, 2.24) is 14.5 Å². The Hall–Kier alpha value is -5.52. The molecule has 0 saturated carbocycles. The van der Waals surface area contributed by atoms with E-state index in [0.29, 0.717) is 0 Å². The Kier molecular flexibility index (Phi) is 5.60. The molecule has 0 bridgehead atoms. The molecule has 0 atom stereocenters. The quantitative estimate of drug-likeness (QED) is 0.190. The largest absolute Gasteiger partial charge is 0.454 e. The Morgan fingerprint density at radius 3 is 2.35 bits per heavy atom. The van der Waals surface area contributed by atoms with E-state index in [9.17, 15) is 0 Å². The van der Waals surface area contributed by atoms with Crippen LogP contribution in [-0.2, 0) is 5.41 Å². The van der Waals surface area contributed by atoms with Gasteiger partial charge in [-0.3, -0.25) is 0 Å². The van der Waals surface area contributed by atoms with Gasteiger partial charge < -0.3 is 8.98 Å². The maximum Gasteiger partial charge on any atom is 0.161 e. The smallest absolute Gasteiger partial charge is 0.161 e. The minimum Gasteiger partial charge on any atom is -0.454 e. The Balaban J connectivity index is 1.24. The number of hydrogen-bond acceptors (Lipinski definition) is 4. The van der Waals surface area contributed by atoms with E-state index >= 15 is 0 Å². The number of furan rings is 1. The molecule has 0 fully saturated rings. The maximum atomic E-state index is 6.51. The molecule has 5 heterocycles. The topological polar surface area (TPSA) is 43.9 Å². The standard InChI is InChI=1S/C43H31N3OS/c1-5-26-27-13-8-11-20-36(27)48-41(26)24(2)37-28-14-6-9-18-33(28)44-42(45-37)25-21-22-34-32(23-25)43(3,4)31-17-12-16-30-38(31)46(34)39-29-15-7-10-19-35(29)47-40(30)39/h5-23H,1-4H3/b26-5-,41-24-. The Morgan fingerprint density at radius 2 is 1.50 bits per heavy atom. The lowest BCUT2D eigenvalue weighted by molar-refractivity contribution is 0.630. The monoisotopic (exact) mass is 637 g/mol. The Bertz CT molecular complexity index is 2960. The number of benzene rings is 5. The molecular formula is C43H31N3OS. The molecule has 0 N–H and O–H groups in total. The molecule has 0 aliphatic carbocycles. The zero-order valence-corrected chi connectivity index (χ0v) is 27.9. The van der Waals surface area contributed by atoms with Crippen molar-refractivity contribution >= 4 is 76.9 Å². The van der Waals surface area contributed by atoms with Crippen molar-refractivity contribution in [2.45, 2.75) is 33.1 Å². The van der Waals surface area contributed by atoms with Crippen molar-refractivity contribution in [3.63, 3.8) is 0 Å². The highest BCUT2D eigenvalue weighted by Crippen LogP contribution is 2.50. The summed E-state index contributed by atoms with van der Waals surface area (Å²) in [5, 5.41) is 5.90. The van der Waals surface area contributed by atoms with Crippen LogP contribution in [0.1, 0.15) is 44.5 Å². The number of fused-ring (bicyclic) bond motifs is 9. The SMILES string of the molecule is C/C=c1\c(=C(/C)c2nc(-c3ccc4c(c3)C(C)(C)c3cccc5c6oc7ccccc7c6n-4c35)nc3ccccc23)sc2ccccc12. The van der Waals surface area contributed by atoms with Gasteiger partial charge in [0, 0.05) is 36.4 Å². The van der Waals surface area contributed by atoms with Crippen molar-refractivity contribution in [2.75, 3.05) is 0 Å². The molecule has 0 radical (unpaired) electrons. The summed E-state index contributed by atoms with van der Waals surface area (Å²) in [5.41, 5.74) is 11.8. The van der Waals surface area contributed by atoms with Gasteiger partial charge in [0.15, 0.2) is 11.4 Å². The third-order valence-electron chi connectivity index (χ3n) is 10.4. The van der Waals surface area contributed by atoms with Gasteiger partial charge >= 0.3 is 0 Å². The molecule has 9 aromatic rings. The van der Waals surface area contributed by atoms with Crippen LogP contribution in [0.25, 0.3) is 82.7 Å². The van der Waals surface area contributed by atoms with E-state index in [1.54, 1.807) is 0 Å². The van der Waals surface area contributed by atoms with E-state index in [1.807, 2.05) is 17.4 Å². The van der Waals surface area contributed by atoms with E-state index in [0.717, 1.165) is 55.4 Å². The van der Waals surface area contributed by atoms with E-state index in [2.05, 4.69) is 141 Å². The van der Waals surface area contributed by atoms with Gasteiger partial charge in [-0.05, 0) is 89.7 Å². The highest BCUT2D eigenvalue weighted by atomic mass is 32.1. The van der Waals surface area contributed by atoms with Crippen LogP contribution in [0.4, 0.5) is 0 Å². The van der Waals surface area contributed by atoms with Crippen molar-refractivity contribution in [3.05, 3.63) is 136 Å². The zero-order valence-electron chi connectivity index (χ0n) is 27.1. The molecule has 230 valence electrons. The first-order valence-corrected chi connectivity index (χ1v) is 17.3. The maximum absolute atomic E-state index is 6.51. The number of thiophene rings is 1. The molecule has 5 heteroatoms. The fraction of sp³-hybridized carbons (Fsp3) is 0.116. The number of para-hydroxylation sites is 3. The second-order valence-corrected chi connectivity index (χ2v) is 14.4. The minimum atomic E-state index is -0.253. The zero-order chi connectivity index (χ0) is 32.3. The van der Waals surface area contributed by atoms with Gasteiger partial charge in [-0.2, -0.15) is 0 Å². The summed E-state index contributed by atoms with van der Waals surface area (Å²) < 4.78 is 11.5. The molecule has 0 amide bonds. The fourth-order valence-electron chi connectivity index (χ4n) is 8.01. The second-order valence-electron chi connectivity index (χ2n) is 13.3. The molecular weight excluding hydrogens is 607 g/mol. The molecule has 0 unspecified atom stereocenters. The third kappa shape index (κ3) is 3.59. The summed E-state index contributed by atoms with van der Waals surface area (Å²) in [7, 11) is 0. The van der Waals surface area contributed by atoms with Gasteiger partial charge in [-0.1, -0.05) is 80.6 Å². The van der Waals surface area contributed by atoms with Crippen molar-refractivity contribution in [2.24, 2.45) is 0 Å². The predicted octanol–water partition coefficient (Wildman–Crippen LogP) is 10.0. The number of rotatable bonds is 2. The molecule has 1 aliphatic heterocycles. The van der Waals surface area contributed by atoms with Gasteiger partial charge in [0.05, 0.1) is 22.4 Å². The van der Waals surface area contributed by atoms with Gasteiger partial charge in [-0.15, -0.1) is 11.3 Å². The Morgan fingerprint density at radius 1 is 0.750 bits per heavy atom. The third-order valence-corrected chi connectivity index (χ3v) is 11.7. The van der Waals surface area contributed by atoms with Gasteiger partial charge in [-0.25, -0.2) is 9.97 Å². The normalized spacial score (nSPS) is 14.9. The van der Waals surface area contributed by atoms with Crippen LogP contribution in [-0.4, -0.2) is 14.5 Å². The van der Waals surface area contributed by atoms with E-state index in [4.69, 9.17) is 14.4 Å². The number of nitrogens with zero attached hydrogens (tertiary/aromatic N) is 3. The summed E-state index contributed by atoms with van der Waals surface area (Å²) >= 11 is 1.84. The summed E-state index contributed by atoms with van der Waals surface area (Å²) in [5.74, 6) is 0.736. The molecule has 48 heavy (non-hydrogen) atoms. The molecule has 10 rings (SSSR count). The highest BCUT2D eigenvalue weighted by Gasteiger charge is 2.36. The summed E-state index contributed by atoms with van der Waals surface area (Å²) in [6, 6.07) is 38.8. The molecule has 4 nitrogen and oxygen atoms in total. The average molecular weight is 638 g/mol. The van der Waals surface area contributed by atoms with Crippen LogP contribution in [0.15, 0.2) is 114 Å². The molecule has 4 aromatic heterocycles. The first-order chi connectivity index (χ1) is 23.4. The number of aromatic nitrogens is 3. The lowest BCUT2D eigenvalue weighted by Crippen LogP contribution is -2.26. The van der Waals surface area contributed by atoms with Crippen molar-refractivity contribution in [1.29, 1.82) is 0 Å². The van der Waals surface area contributed by atoms with E-state index in [-0.39, 0.29) is 5.41 Å². The summed E-state index contributed by atoms with van der Waals surface area (Å²) in [6.07, 6.45) is 2.23. The average Bonchev–Trinajstić information content (AvgIpc) is 3.79. The van der Waals surface area contributed by atoms with Crippen LogP contribution in [0, 0.1) is 0 Å². The van der Waals surface area contributed by atoms with Crippen molar-refractivity contribution in [3.8, 4) is 17.1 Å². The summed E-state index contributed by atoms with van der Waals surface area (Å²) in [6.45, 7) is 8.99. The van der Waals surface area contributed by atoms with Crippen LogP contribution < -0.4 is 9.75 Å². The molecule has 0 spiro atoms. The summed E-state index contributed by atoms with van der Waals surface area (Å²) in [4.78, 5) is 10.5. The first-order valence-electron chi connectivity index (χ1n) is 16.5. The van der Waals surface area contributed by atoms with Crippen LogP contribution in [0.3, 0.4) is 0 Å². The molecule has 0 saturated heterocycles. The molecule has 5 aromatic carbocycles. The van der Waals surface area contributed by atoms with Gasteiger partial charge in [0.1, 0.15) is 11.1 Å². The second kappa shape index (κ2) is 9.75. The van der Waals surface area contributed by atoms with Gasteiger partial charge in [0.25, 0.3) is 0 Å². The lowest BCUT2D eigenvalue weighted by atomic mass is 9.74. The Labute approximate surface area is 280 Å². The van der Waals surface area contributed by atoms with Gasteiger partial charge in [0.2, 0.25) is 0 Å². The van der Waals surface area contributed by atoms with E-state index in [1.165, 1.54) is 47.7 Å². The van der Waals surface area contributed by atoms with Crippen LogP contribution in [0.2, 0.25) is 0 Å². The highest BCUT2D eigenvalue weighted by molar-refractivity contribution is 7.17. The first kappa shape index (κ1) is 27.6. The number of hydrogen-bond donors (Lipinski definition) is 0. The lowest BCUT2D eigenvalue weighted by Gasteiger charge is -2.35. The fourth-order valence-corrected chi connectivity index (χ4v) is 9.25. The minimum absolute atomic E-state index is 0.253. The van der Waals surface area contributed by atoms with Crippen LogP contribution in [0.5, 0.6) is 0 Å².